The summed E-state index contributed by atoms with van der Waals surface area (Å²) in [7, 11) is 0. The lowest BCUT2D eigenvalue weighted by Gasteiger charge is -2.09. The molecule has 1 aliphatic rings. The van der Waals surface area contributed by atoms with Crippen molar-refractivity contribution in [3.05, 3.63) is 34.1 Å². The molecule has 1 unspecified atom stereocenters. The molecule has 0 aromatic heterocycles. The molecule has 0 radical (unpaired) electrons. The fourth-order valence-corrected chi connectivity index (χ4v) is 1.16. The Labute approximate surface area is 90.9 Å². The SMILES string of the molecule is CC1(COc2ccc([N+](=O)[O-])cc2F)CO1. The zero-order chi connectivity index (χ0) is 11.8. The smallest absolute Gasteiger partial charge is 0.272 e. The average Bonchev–Trinajstić information content (AvgIpc) is 2.95. The highest BCUT2D eigenvalue weighted by molar-refractivity contribution is 5.37. The van der Waals surface area contributed by atoms with Gasteiger partial charge in [-0.05, 0) is 13.0 Å². The molecule has 1 saturated heterocycles. The van der Waals surface area contributed by atoms with Crippen LogP contribution in [0.1, 0.15) is 6.92 Å². The van der Waals surface area contributed by atoms with Gasteiger partial charge in [-0.25, -0.2) is 4.39 Å². The molecule has 1 aromatic rings. The largest absolute Gasteiger partial charge is 0.487 e. The Balaban J connectivity index is 2.07. The summed E-state index contributed by atoms with van der Waals surface area (Å²) >= 11 is 0. The summed E-state index contributed by atoms with van der Waals surface area (Å²) in [5.41, 5.74) is -0.632. The van der Waals surface area contributed by atoms with Crippen LogP contribution in [-0.4, -0.2) is 23.7 Å². The number of rotatable bonds is 4. The minimum absolute atomic E-state index is 0.00215. The van der Waals surface area contributed by atoms with Crippen molar-refractivity contribution in [2.75, 3.05) is 13.2 Å². The maximum Gasteiger partial charge on any atom is 0.272 e. The molecular weight excluding hydrogens is 217 g/mol. The third-order valence-corrected chi connectivity index (χ3v) is 2.30. The lowest BCUT2D eigenvalue weighted by atomic mass is 10.2. The third-order valence-electron chi connectivity index (χ3n) is 2.30. The quantitative estimate of drug-likeness (QED) is 0.447. The van der Waals surface area contributed by atoms with Crippen molar-refractivity contribution in [1.82, 2.24) is 0 Å². The first-order chi connectivity index (χ1) is 7.50. The van der Waals surface area contributed by atoms with Gasteiger partial charge in [0.05, 0.1) is 17.6 Å². The molecule has 0 N–H and O–H groups in total. The Kier molecular flexibility index (Phi) is 2.51. The number of non-ortho nitro benzene ring substituents is 1. The van der Waals surface area contributed by atoms with Crippen LogP contribution >= 0.6 is 0 Å². The minimum Gasteiger partial charge on any atom is -0.487 e. The zero-order valence-corrected chi connectivity index (χ0v) is 8.60. The summed E-state index contributed by atoms with van der Waals surface area (Å²) in [6, 6.07) is 3.29. The summed E-state index contributed by atoms with van der Waals surface area (Å²) < 4.78 is 23.6. The second-order valence-electron chi connectivity index (χ2n) is 3.90. The van der Waals surface area contributed by atoms with Crippen molar-refractivity contribution in [2.24, 2.45) is 0 Å². The van der Waals surface area contributed by atoms with Crippen LogP contribution in [0.25, 0.3) is 0 Å². The van der Waals surface area contributed by atoms with Crippen molar-refractivity contribution in [3.63, 3.8) is 0 Å². The summed E-state index contributed by atoms with van der Waals surface area (Å²) in [5.74, 6) is -0.735. The summed E-state index contributed by atoms with van der Waals surface area (Å²) in [4.78, 5) is 9.72. The third kappa shape index (κ3) is 2.27. The molecule has 0 saturated carbocycles. The Bertz CT molecular complexity index is 431. The van der Waals surface area contributed by atoms with Gasteiger partial charge in [-0.2, -0.15) is 0 Å². The van der Waals surface area contributed by atoms with Crippen LogP contribution in [0.5, 0.6) is 5.75 Å². The van der Waals surface area contributed by atoms with Crippen LogP contribution in [0.4, 0.5) is 10.1 Å². The van der Waals surface area contributed by atoms with Gasteiger partial charge in [0.25, 0.3) is 5.69 Å². The first kappa shape index (κ1) is 10.8. The molecule has 1 aliphatic heterocycles. The number of ether oxygens (including phenoxy) is 2. The standard InChI is InChI=1S/C10H10FNO4/c1-10(6-16-10)5-15-9-3-2-7(12(13)14)4-8(9)11/h2-4H,5-6H2,1H3. The summed E-state index contributed by atoms with van der Waals surface area (Å²) in [6.45, 7) is 2.67. The first-order valence-electron chi connectivity index (χ1n) is 4.71. The van der Waals surface area contributed by atoms with E-state index in [1.807, 2.05) is 6.92 Å². The molecule has 6 heteroatoms. The van der Waals surface area contributed by atoms with Gasteiger partial charge in [0.1, 0.15) is 12.2 Å². The fourth-order valence-electron chi connectivity index (χ4n) is 1.16. The fraction of sp³-hybridized carbons (Fsp3) is 0.400. The maximum atomic E-state index is 13.3. The van der Waals surface area contributed by atoms with Gasteiger partial charge in [-0.3, -0.25) is 10.1 Å². The van der Waals surface area contributed by atoms with Gasteiger partial charge in [-0.15, -0.1) is 0 Å². The predicted octanol–water partition coefficient (Wildman–Crippen LogP) is 1.90. The molecular formula is C10H10FNO4. The molecule has 1 heterocycles. The molecule has 1 aromatic carbocycles. The van der Waals surface area contributed by atoms with Crippen molar-refractivity contribution >= 4 is 5.69 Å². The van der Waals surface area contributed by atoms with E-state index in [0.29, 0.717) is 6.61 Å². The Morgan fingerprint density at radius 3 is 2.88 bits per heavy atom. The monoisotopic (exact) mass is 227 g/mol. The van der Waals surface area contributed by atoms with Gasteiger partial charge in [0.2, 0.25) is 0 Å². The molecule has 86 valence electrons. The molecule has 0 aliphatic carbocycles. The van der Waals surface area contributed by atoms with Crippen LogP contribution in [0.15, 0.2) is 18.2 Å². The van der Waals surface area contributed by atoms with Crippen LogP contribution in [0.3, 0.4) is 0 Å². The molecule has 2 rings (SSSR count). The second kappa shape index (κ2) is 3.71. The molecule has 1 fully saturated rings. The van der Waals surface area contributed by atoms with E-state index in [0.717, 1.165) is 6.07 Å². The van der Waals surface area contributed by atoms with E-state index >= 15 is 0 Å². The van der Waals surface area contributed by atoms with Gasteiger partial charge in [-0.1, -0.05) is 0 Å². The van der Waals surface area contributed by atoms with E-state index in [-0.39, 0.29) is 23.6 Å². The Morgan fingerprint density at radius 2 is 2.38 bits per heavy atom. The van der Waals surface area contributed by atoms with Gasteiger partial charge < -0.3 is 9.47 Å². The van der Waals surface area contributed by atoms with E-state index in [9.17, 15) is 14.5 Å². The van der Waals surface area contributed by atoms with Gasteiger partial charge >= 0.3 is 0 Å². The summed E-state index contributed by atoms with van der Waals surface area (Å²) in [6.07, 6.45) is 0. The molecule has 5 nitrogen and oxygen atoms in total. The Hall–Kier alpha value is -1.69. The van der Waals surface area contributed by atoms with E-state index in [4.69, 9.17) is 9.47 Å². The number of hydrogen-bond donors (Lipinski definition) is 0. The van der Waals surface area contributed by atoms with Crippen LogP contribution in [0, 0.1) is 15.9 Å². The van der Waals surface area contributed by atoms with Gasteiger partial charge in [0.15, 0.2) is 11.6 Å². The predicted molar refractivity (Wildman–Crippen MR) is 52.9 cm³/mol. The van der Waals surface area contributed by atoms with Gasteiger partial charge in [0, 0.05) is 6.07 Å². The van der Waals surface area contributed by atoms with Crippen molar-refractivity contribution in [1.29, 1.82) is 0 Å². The van der Waals surface area contributed by atoms with Crippen LogP contribution in [0.2, 0.25) is 0 Å². The molecule has 0 spiro atoms. The van der Waals surface area contributed by atoms with E-state index in [2.05, 4.69) is 0 Å². The number of nitro groups is 1. The lowest BCUT2D eigenvalue weighted by Crippen LogP contribution is -2.17. The van der Waals surface area contributed by atoms with Crippen molar-refractivity contribution < 1.29 is 18.8 Å². The lowest BCUT2D eigenvalue weighted by molar-refractivity contribution is -0.385. The molecule has 16 heavy (non-hydrogen) atoms. The van der Waals surface area contributed by atoms with E-state index in [1.165, 1.54) is 12.1 Å². The number of benzene rings is 1. The highest BCUT2D eigenvalue weighted by atomic mass is 19.1. The highest BCUT2D eigenvalue weighted by Crippen LogP contribution is 2.28. The van der Waals surface area contributed by atoms with E-state index in [1.54, 1.807) is 0 Å². The zero-order valence-electron chi connectivity index (χ0n) is 8.60. The number of hydrogen-bond acceptors (Lipinski definition) is 4. The molecule has 1 atom stereocenters. The van der Waals surface area contributed by atoms with Crippen LogP contribution in [-0.2, 0) is 4.74 Å². The highest BCUT2D eigenvalue weighted by Gasteiger charge is 2.40. The first-order valence-corrected chi connectivity index (χ1v) is 4.71. The minimum atomic E-state index is -0.738. The Morgan fingerprint density at radius 1 is 1.69 bits per heavy atom. The number of halogens is 1. The topological polar surface area (TPSA) is 64.9 Å². The van der Waals surface area contributed by atoms with Crippen molar-refractivity contribution in [3.8, 4) is 5.75 Å². The second-order valence-corrected chi connectivity index (χ2v) is 3.90. The molecule has 0 amide bonds. The molecule has 0 bridgehead atoms. The summed E-state index contributed by atoms with van der Waals surface area (Å²) in [5, 5.41) is 10.4. The number of epoxide rings is 1. The normalized spacial score (nSPS) is 22.9. The van der Waals surface area contributed by atoms with Crippen molar-refractivity contribution in [2.45, 2.75) is 12.5 Å². The maximum absolute atomic E-state index is 13.3. The average molecular weight is 227 g/mol. The van der Waals surface area contributed by atoms with E-state index < -0.39 is 10.7 Å². The number of nitrogens with zero attached hydrogens (tertiary/aromatic N) is 1. The number of nitro benzene ring substituents is 1. The van der Waals surface area contributed by atoms with Crippen LogP contribution < -0.4 is 4.74 Å².